The Hall–Kier alpha value is -2.00. The quantitative estimate of drug-likeness (QED) is 0.702. The number of sulfonamides is 1. The summed E-state index contributed by atoms with van der Waals surface area (Å²) in [6.07, 6.45) is -0.277. The fourth-order valence-electron chi connectivity index (χ4n) is 1.74. The highest BCUT2D eigenvalue weighted by Gasteiger charge is 2.30. The topological polar surface area (TPSA) is 127 Å². The molecule has 0 unspecified atom stereocenters. The zero-order valence-corrected chi connectivity index (χ0v) is 12.2. The molecule has 116 valence electrons. The van der Waals surface area contributed by atoms with E-state index >= 15 is 0 Å². The van der Waals surface area contributed by atoms with Crippen molar-refractivity contribution in [3.63, 3.8) is 0 Å². The van der Waals surface area contributed by atoms with Gasteiger partial charge in [0.15, 0.2) is 0 Å². The van der Waals surface area contributed by atoms with Crippen LogP contribution in [-0.4, -0.2) is 30.9 Å². The molecule has 0 aliphatic heterocycles. The van der Waals surface area contributed by atoms with Crippen LogP contribution in [0.3, 0.4) is 0 Å². The molecule has 0 bridgehead atoms. The first-order valence-corrected chi connectivity index (χ1v) is 7.28. The Kier molecular flexibility index (Phi) is 4.69. The molecule has 21 heavy (non-hydrogen) atoms. The number of carboxylic acid groups (broad SMARTS) is 1. The first-order valence-electron chi connectivity index (χ1n) is 5.80. The molecule has 1 rings (SSSR count). The highest BCUT2D eigenvalue weighted by molar-refractivity contribution is 7.89. The third kappa shape index (κ3) is 4.50. The van der Waals surface area contributed by atoms with E-state index in [1.807, 2.05) is 0 Å². The second-order valence-electron chi connectivity index (χ2n) is 5.08. The summed E-state index contributed by atoms with van der Waals surface area (Å²) in [5.74, 6) is -3.29. The van der Waals surface area contributed by atoms with Gasteiger partial charge in [0.2, 0.25) is 15.9 Å². The van der Waals surface area contributed by atoms with Crippen molar-refractivity contribution in [2.24, 2.45) is 5.73 Å². The summed E-state index contributed by atoms with van der Waals surface area (Å²) in [5.41, 5.74) is 3.43. The van der Waals surface area contributed by atoms with Gasteiger partial charge in [-0.15, -0.1) is 0 Å². The lowest BCUT2D eigenvalue weighted by atomic mass is 10.0. The number of aromatic carboxylic acids is 1. The van der Waals surface area contributed by atoms with E-state index in [0.717, 1.165) is 12.1 Å². The number of hydrogen-bond acceptors (Lipinski definition) is 4. The summed E-state index contributed by atoms with van der Waals surface area (Å²) in [7, 11) is -4.26. The number of rotatable bonds is 6. The molecule has 0 atom stereocenters. The summed E-state index contributed by atoms with van der Waals surface area (Å²) in [5, 5.41) is 8.71. The minimum atomic E-state index is -4.26. The normalized spacial score (nSPS) is 12.1. The van der Waals surface area contributed by atoms with Gasteiger partial charge in [0.1, 0.15) is 10.7 Å². The van der Waals surface area contributed by atoms with Gasteiger partial charge in [-0.3, -0.25) is 4.79 Å². The largest absolute Gasteiger partial charge is 0.478 e. The predicted molar refractivity (Wildman–Crippen MR) is 71.6 cm³/mol. The number of nitrogens with one attached hydrogen (secondary N) is 1. The van der Waals surface area contributed by atoms with Gasteiger partial charge in [-0.05, 0) is 32.0 Å². The molecule has 0 saturated carbocycles. The molecule has 7 nitrogen and oxygen atoms in total. The molecule has 0 aliphatic rings. The summed E-state index contributed by atoms with van der Waals surface area (Å²) < 4.78 is 40.1. The highest BCUT2D eigenvalue weighted by Crippen LogP contribution is 2.19. The first kappa shape index (κ1) is 17.1. The third-order valence-electron chi connectivity index (χ3n) is 2.50. The van der Waals surface area contributed by atoms with Crippen LogP contribution < -0.4 is 10.5 Å². The second kappa shape index (κ2) is 5.78. The monoisotopic (exact) mass is 318 g/mol. The van der Waals surface area contributed by atoms with Gasteiger partial charge in [0.25, 0.3) is 0 Å². The maximum atomic E-state index is 13.8. The van der Waals surface area contributed by atoms with Crippen molar-refractivity contribution in [2.45, 2.75) is 30.7 Å². The minimum absolute atomic E-state index is 0.277. The van der Waals surface area contributed by atoms with Crippen molar-refractivity contribution >= 4 is 21.9 Å². The van der Waals surface area contributed by atoms with E-state index in [1.165, 1.54) is 13.8 Å². The molecular weight excluding hydrogens is 303 g/mol. The number of halogens is 1. The van der Waals surface area contributed by atoms with E-state index in [2.05, 4.69) is 4.72 Å². The van der Waals surface area contributed by atoms with E-state index in [9.17, 15) is 22.4 Å². The zero-order chi connectivity index (χ0) is 16.4. The maximum Gasteiger partial charge on any atom is 0.335 e. The molecule has 1 amide bonds. The Morgan fingerprint density at radius 1 is 1.38 bits per heavy atom. The molecule has 1 aromatic rings. The molecule has 0 saturated heterocycles. The van der Waals surface area contributed by atoms with Gasteiger partial charge in [0.05, 0.1) is 5.56 Å². The van der Waals surface area contributed by atoms with Crippen LogP contribution >= 0.6 is 0 Å². The Morgan fingerprint density at radius 3 is 2.38 bits per heavy atom. The molecule has 9 heteroatoms. The summed E-state index contributed by atoms with van der Waals surface area (Å²) in [6.45, 7) is 2.83. The number of carbonyl (C=O) groups is 2. The fourth-order valence-corrected chi connectivity index (χ4v) is 3.21. The first-order chi connectivity index (χ1) is 9.44. The standard InChI is InChI=1S/C12H15FN2O5S/c1-12(2,6-10(14)16)15-21(19,20)9-4-3-7(11(17)18)5-8(9)13/h3-5,15H,6H2,1-2H3,(H2,14,16)(H,17,18). The van der Waals surface area contributed by atoms with Gasteiger partial charge in [0, 0.05) is 12.0 Å². The molecular formula is C12H15FN2O5S. The van der Waals surface area contributed by atoms with Crippen LogP contribution in [-0.2, 0) is 14.8 Å². The highest BCUT2D eigenvalue weighted by atomic mass is 32.2. The molecule has 1 aromatic carbocycles. The summed E-state index contributed by atoms with van der Waals surface area (Å²) in [4.78, 5) is 20.8. The van der Waals surface area contributed by atoms with Crippen LogP contribution in [0.1, 0.15) is 30.6 Å². The van der Waals surface area contributed by atoms with Crippen LogP contribution in [0.15, 0.2) is 23.1 Å². The summed E-state index contributed by atoms with van der Waals surface area (Å²) in [6, 6.07) is 2.43. The maximum absolute atomic E-state index is 13.8. The molecule has 0 aromatic heterocycles. The lowest BCUT2D eigenvalue weighted by Gasteiger charge is -2.24. The van der Waals surface area contributed by atoms with Gasteiger partial charge in [-0.25, -0.2) is 22.3 Å². The van der Waals surface area contributed by atoms with E-state index < -0.39 is 38.2 Å². The lowest BCUT2D eigenvalue weighted by Crippen LogP contribution is -2.46. The molecule has 0 heterocycles. The third-order valence-corrected chi connectivity index (χ3v) is 4.23. The molecule has 0 aliphatic carbocycles. The van der Waals surface area contributed by atoms with Crippen molar-refractivity contribution < 1.29 is 27.5 Å². The fraction of sp³-hybridized carbons (Fsp3) is 0.333. The SMILES string of the molecule is CC(C)(CC(N)=O)NS(=O)(=O)c1ccc(C(=O)O)cc1F. The number of hydrogen-bond donors (Lipinski definition) is 3. The van der Waals surface area contributed by atoms with Crippen LogP contribution in [0.25, 0.3) is 0 Å². The van der Waals surface area contributed by atoms with E-state index in [4.69, 9.17) is 10.8 Å². The second-order valence-corrected chi connectivity index (χ2v) is 6.73. The average molecular weight is 318 g/mol. The Bertz CT molecular complexity index is 685. The number of carbonyl (C=O) groups excluding carboxylic acids is 1. The molecule has 0 radical (unpaired) electrons. The number of primary amides is 1. The summed E-state index contributed by atoms with van der Waals surface area (Å²) >= 11 is 0. The average Bonchev–Trinajstić information content (AvgIpc) is 2.24. The van der Waals surface area contributed by atoms with Gasteiger partial charge in [-0.2, -0.15) is 0 Å². The van der Waals surface area contributed by atoms with Gasteiger partial charge >= 0.3 is 5.97 Å². The number of carboxylic acids is 1. The van der Waals surface area contributed by atoms with E-state index in [0.29, 0.717) is 6.07 Å². The molecule has 4 N–H and O–H groups in total. The van der Waals surface area contributed by atoms with Gasteiger partial charge in [-0.1, -0.05) is 0 Å². The van der Waals surface area contributed by atoms with Crippen LogP contribution in [0.5, 0.6) is 0 Å². The smallest absolute Gasteiger partial charge is 0.335 e. The van der Waals surface area contributed by atoms with Crippen LogP contribution in [0.4, 0.5) is 4.39 Å². The van der Waals surface area contributed by atoms with Crippen molar-refractivity contribution in [2.75, 3.05) is 0 Å². The zero-order valence-electron chi connectivity index (χ0n) is 11.4. The van der Waals surface area contributed by atoms with Crippen LogP contribution in [0, 0.1) is 5.82 Å². The van der Waals surface area contributed by atoms with Crippen molar-refractivity contribution in [1.82, 2.24) is 4.72 Å². The van der Waals surface area contributed by atoms with Crippen molar-refractivity contribution in [1.29, 1.82) is 0 Å². The Labute approximate surface area is 121 Å². The van der Waals surface area contributed by atoms with E-state index in [-0.39, 0.29) is 12.0 Å². The predicted octanol–water partition coefficient (Wildman–Crippen LogP) is 0.456. The number of benzene rings is 1. The lowest BCUT2D eigenvalue weighted by molar-refractivity contribution is -0.119. The van der Waals surface area contributed by atoms with Gasteiger partial charge < -0.3 is 10.8 Å². The van der Waals surface area contributed by atoms with Crippen molar-refractivity contribution in [3.8, 4) is 0 Å². The molecule has 0 spiro atoms. The van der Waals surface area contributed by atoms with Crippen molar-refractivity contribution in [3.05, 3.63) is 29.6 Å². The Morgan fingerprint density at radius 2 is 1.95 bits per heavy atom. The van der Waals surface area contributed by atoms with Crippen LogP contribution in [0.2, 0.25) is 0 Å². The Balaban J connectivity index is 3.14. The van der Waals surface area contributed by atoms with E-state index in [1.54, 1.807) is 0 Å². The number of nitrogens with two attached hydrogens (primary N) is 1. The molecule has 0 fully saturated rings. The minimum Gasteiger partial charge on any atom is -0.478 e. The number of amides is 1.